The van der Waals surface area contributed by atoms with Crippen molar-refractivity contribution in [3.8, 4) is 0 Å². The summed E-state index contributed by atoms with van der Waals surface area (Å²) in [6.45, 7) is 6.99. The van der Waals surface area contributed by atoms with Gasteiger partial charge in [-0.3, -0.25) is 0 Å². The first kappa shape index (κ1) is 33.0. The molecule has 1 rings (SSSR count). The van der Waals surface area contributed by atoms with Crippen LogP contribution >= 0.6 is 0 Å². The second-order valence-electron chi connectivity index (χ2n) is 12.9. The van der Waals surface area contributed by atoms with E-state index in [1.165, 1.54) is 154 Å². The Kier molecular flexibility index (Phi) is 22.9. The molecule has 35 heavy (non-hydrogen) atoms. The van der Waals surface area contributed by atoms with Gasteiger partial charge in [0.1, 0.15) is 0 Å². The van der Waals surface area contributed by atoms with Gasteiger partial charge < -0.3 is 5.73 Å². The summed E-state index contributed by atoms with van der Waals surface area (Å²) in [5.41, 5.74) is 6.36. The lowest BCUT2D eigenvalue weighted by Crippen LogP contribution is -2.19. The van der Waals surface area contributed by atoms with E-state index >= 15 is 0 Å². The Labute approximate surface area is 223 Å². The van der Waals surface area contributed by atoms with Crippen LogP contribution in [-0.2, 0) is 0 Å². The third kappa shape index (κ3) is 22.9. The van der Waals surface area contributed by atoms with Gasteiger partial charge in [-0.05, 0) is 37.0 Å². The Morgan fingerprint density at radius 2 is 0.829 bits per heavy atom. The largest absolute Gasteiger partial charge is 0.328 e. The summed E-state index contributed by atoms with van der Waals surface area (Å²) < 4.78 is 0. The molecule has 0 aromatic rings. The van der Waals surface area contributed by atoms with Crippen LogP contribution in [0.2, 0.25) is 0 Å². The zero-order valence-corrected chi connectivity index (χ0v) is 25.0. The first-order valence-electron chi connectivity index (χ1n) is 16.9. The fraction of sp³-hybridized carbons (Fsp3) is 1.00. The predicted molar refractivity (Wildman–Crippen MR) is 160 cm³/mol. The minimum atomic E-state index is 0.466. The van der Waals surface area contributed by atoms with Crippen molar-refractivity contribution in [2.24, 2.45) is 23.5 Å². The second kappa shape index (κ2) is 24.3. The summed E-state index contributed by atoms with van der Waals surface area (Å²) in [7, 11) is 0. The van der Waals surface area contributed by atoms with Crippen molar-refractivity contribution < 1.29 is 0 Å². The lowest BCUT2D eigenvalue weighted by Gasteiger charge is -2.11. The third-order valence-electron chi connectivity index (χ3n) is 8.75. The van der Waals surface area contributed by atoms with Crippen molar-refractivity contribution in [3.05, 3.63) is 0 Å². The van der Waals surface area contributed by atoms with Crippen LogP contribution in [0.25, 0.3) is 0 Å². The van der Waals surface area contributed by atoms with Gasteiger partial charge in [0.15, 0.2) is 0 Å². The van der Waals surface area contributed by atoms with E-state index < -0.39 is 0 Å². The van der Waals surface area contributed by atoms with Gasteiger partial charge in [-0.1, -0.05) is 175 Å². The van der Waals surface area contributed by atoms with E-state index in [0.29, 0.717) is 6.04 Å². The Bertz CT molecular complexity index is 417. The van der Waals surface area contributed by atoms with Crippen LogP contribution in [0.4, 0.5) is 0 Å². The number of unbranched alkanes of at least 4 members (excludes halogenated alkanes) is 18. The summed E-state index contributed by atoms with van der Waals surface area (Å²) in [5, 5.41) is 0. The molecule has 1 fully saturated rings. The monoisotopic (exact) mass is 492 g/mol. The first-order chi connectivity index (χ1) is 17.1. The maximum absolute atomic E-state index is 6.36. The highest BCUT2D eigenvalue weighted by Gasteiger charge is 2.34. The smallest absolute Gasteiger partial charge is 0.00388 e. The standard InChI is InChI=1S/C34H69N/c1-4-5-6-7-16-21-26-32-30-33(32)27-22-17-11-9-8-10-12-18-23-28-34(35)29-24-19-14-13-15-20-25-31(2)3/h31-34H,4-30,35H2,1-3H3/t32-,33+,34?/m1/s1. The summed E-state index contributed by atoms with van der Waals surface area (Å²) in [6, 6.07) is 0.466. The van der Waals surface area contributed by atoms with E-state index in [4.69, 9.17) is 5.73 Å². The molecule has 0 aromatic carbocycles. The Morgan fingerprint density at radius 3 is 1.23 bits per heavy atom. The molecule has 0 spiro atoms. The Hall–Kier alpha value is -0.0400. The summed E-state index contributed by atoms with van der Waals surface area (Å²) in [6.07, 6.45) is 38.9. The fourth-order valence-corrected chi connectivity index (χ4v) is 6.07. The quantitative estimate of drug-likeness (QED) is 0.108. The maximum atomic E-state index is 6.36. The van der Waals surface area contributed by atoms with Gasteiger partial charge in [0.05, 0.1) is 0 Å². The molecule has 1 heteroatoms. The molecule has 2 N–H and O–H groups in total. The molecule has 0 aliphatic heterocycles. The zero-order chi connectivity index (χ0) is 25.4. The van der Waals surface area contributed by atoms with Gasteiger partial charge in [0.25, 0.3) is 0 Å². The van der Waals surface area contributed by atoms with Crippen molar-refractivity contribution in [3.63, 3.8) is 0 Å². The van der Waals surface area contributed by atoms with Crippen molar-refractivity contribution in [2.75, 3.05) is 0 Å². The van der Waals surface area contributed by atoms with E-state index in [1.54, 1.807) is 19.3 Å². The van der Waals surface area contributed by atoms with Gasteiger partial charge >= 0.3 is 0 Å². The highest BCUT2D eigenvalue weighted by molar-refractivity contribution is 4.85. The Balaban J connectivity index is 1.71. The van der Waals surface area contributed by atoms with Crippen LogP contribution < -0.4 is 5.73 Å². The average Bonchev–Trinajstić information content (AvgIpc) is 3.59. The van der Waals surface area contributed by atoms with Crippen LogP contribution in [-0.4, -0.2) is 6.04 Å². The average molecular weight is 492 g/mol. The summed E-state index contributed by atoms with van der Waals surface area (Å²) in [4.78, 5) is 0. The van der Waals surface area contributed by atoms with Crippen molar-refractivity contribution in [1.82, 2.24) is 0 Å². The SMILES string of the molecule is CCCCCCCC[C@@H]1C[C@@H]1CCCCCCCCCCCC(N)CCCCCCCCC(C)C. The van der Waals surface area contributed by atoms with Crippen molar-refractivity contribution >= 4 is 0 Å². The lowest BCUT2D eigenvalue weighted by molar-refractivity contribution is 0.473. The summed E-state index contributed by atoms with van der Waals surface area (Å²) >= 11 is 0. The molecule has 0 saturated heterocycles. The molecule has 210 valence electrons. The molecule has 1 nitrogen and oxygen atoms in total. The molecule has 1 saturated carbocycles. The Morgan fingerprint density at radius 1 is 0.486 bits per heavy atom. The minimum Gasteiger partial charge on any atom is -0.328 e. The first-order valence-corrected chi connectivity index (χ1v) is 16.9. The number of rotatable bonds is 28. The highest BCUT2D eigenvalue weighted by atomic mass is 14.6. The van der Waals surface area contributed by atoms with Gasteiger partial charge in [-0.15, -0.1) is 0 Å². The van der Waals surface area contributed by atoms with E-state index in [9.17, 15) is 0 Å². The third-order valence-corrected chi connectivity index (χ3v) is 8.75. The van der Waals surface area contributed by atoms with Crippen LogP contribution in [0.15, 0.2) is 0 Å². The predicted octanol–water partition coefficient (Wildman–Crippen LogP) is 11.8. The van der Waals surface area contributed by atoms with Crippen LogP contribution in [0, 0.1) is 17.8 Å². The molecule has 1 aliphatic rings. The van der Waals surface area contributed by atoms with Gasteiger partial charge in [-0.2, -0.15) is 0 Å². The molecular formula is C34H69N. The van der Waals surface area contributed by atoms with Gasteiger partial charge in [0, 0.05) is 6.04 Å². The number of hydrogen-bond donors (Lipinski definition) is 1. The summed E-state index contributed by atoms with van der Waals surface area (Å²) in [5.74, 6) is 3.12. The van der Waals surface area contributed by atoms with Crippen molar-refractivity contribution in [2.45, 2.75) is 200 Å². The highest BCUT2D eigenvalue weighted by Crippen LogP contribution is 2.45. The van der Waals surface area contributed by atoms with Crippen LogP contribution in [0.3, 0.4) is 0 Å². The number of hydrogen-bond acceptors (Lipinski definition) is 1. The van der Waals surface area contributed by atoms with Crippen molar-refractivity contribution in [1.29, 1.82) is 0 Å². The van der Waals surface area contributed by atoms with Gasteiger partial charge in [-0.25, -0.2) is 0 Å². The zero-order valence-electron chi connectivity index (χ0n) is 25.0. The normalized spacial score (nSPS) is 18.4. The lowest BCUT2D eigenvalue weighted by atomic mass is 9.99. The van der Waals surface area contributed by atoms with Gasteiger partial charge in [0.2, 0.25) is 0 Å². The molecule has 0 radical (unpaired) electrons. The van der Waals surface area contributed by atoms with E-state index in [1.807, 2.05) is 0 Å². The second-order valence-corrected chi connectivity index (χ2v) is 12.9. The molecule has 1 aliphatic carbocycles. The van der Waals surface area contributed by atoms with Crippen LogP contribution in [0.1, 0.15) is 194 Å². The van der Waals surface area contributed by atoms with E-state index in [-0.39, 0.29) is 0 Å². The molecule has 0 aromatic heterocycles. The van der Waals surface area contributed by atoms with E-state index in [0.717, 1.165) is 17.8 Å². The molecule has 0 amide bonds. The molecule has 3 atom stereocenters. The number of nitrogens with two attached hydrogens (primary N) is 1. The molecule has 0 bridgehead atoms. The van der Waals surface area contributed by atoms with Crippen LogP contribution in [0.5, 0.6) is 0 Å². The molecule has 1 unspecified atom stereocenters. The molecular weight excluding hydrogens is 422 g/mol. The molecule has 0 heterocycles. The minimum absolute atomic E-state index is 0.466. The maximum Gasteiger partial charge on any atom is 0.00388 e. The van der Waals surface area contributed by atoms with E-state index in [2.05, 4.69) is 20.8 Å². The topological polar surface area (TPSA) is 26.0 Å². The fourth-order valence-electron chi connectivity index (χ4n) is 6.07.